The average Bonchev–Trinajstić information content (AvgIpc) is 2.75. The van der Waals surface area contributed by atoms with Crippen molar-refractivity contribution < 1.29 is 14.3 Å². The Kier molecular flexibility index (Phi) is 7.27. The predicted molar refractivity (Wildman–Crippen MR) is 117 cm³/mol. The lowest BCUT2D eigenvalue weighted by molar-refractivity contribution is 0.0388. The lowest BCUT2D eigenvalue weighted by Crippen LogP contribution is -2.27. The first kappa shape index (κ1) is 20.9. The highest BCUT2D eigenvalue weighted by Crippen LogP contribution is 2.28. The number of rotatable bonds is 8. The Morgan fingerprint density at radius 3 is 2.76 bits per heavy atom. The predicted octanol–water partition coefficient (Wildman–Crippen LogP) is 3.92. The van der Waals surface area contributed by atoms with Crippen molar-refractivity contribution in [1.82, 2.24) is 4.90 Å². The molecule has 0 aromatic heterocycles. The van der Waals surface area contributed by atoms with Crippen LogP contribution < -0.4 is 11.1 Å². The van der Waals surface area contributed by atoms with Crippen LogP contribution in [0.4, 0.5) is 17.1 Å². The Morgan fingerprint density at radius 2 is 2.07 bits per heavy atom. The number of esters is 1. The van der Waals surface area contributed by atoms with Gasteiger partial charge in [0.1, 0.15) is 6.61 Å². The highest BCUT2D eigenvalue weighted by atomic mass is 16.6. The van der Waals surface area contributed by atoms with E-state index in [4.69, 9.17) is 15.2 Å². The molecule has 0 saturated heterocycles. The van der Waals surface area contributed by atoms with Crippen LogP contribution in [0.5, 0.6) is 0 Å². The summed E-state index contributed by atoms with van der Waals surface area (Å²) in [7, 11) is 1.56. The molecular formula is C23H29N3O3. The van der Waals surface area contributed by atoms with E-state index < -0.39 is 5.97 Å². The number of anilines is 3. The van der Waals surface area contributed by atoms with Gasteiger partial charge in [-0.3, -0.25) is 4.90 Å². The molecule has 3 N–H and O–H groups in total. The van der Waals surface area contributed by atoms with Gasteiger partial charge >= 0.3 is 5.97 Å². The molecule has 2 aromatic rings. The smallest absolute Gasteiger partial charge is 0.338 e. The van der Waals surface area contributed by atoms with Crippen LogP contribution in [0.1, 0.15) is 29.3 Å². The summed E-state index contributed by atoms with van der Waals surface area (Å²) in [4.78, 5) is 14.5. The number of ether oxygens (including phenoxy) is 2. The quantitative estimate of drug-likeness (QED) is 0.401. The molecule has 2 aromatic carbocycles. The fourth-order valence-electron chi connectivity index (χ4n) is 3.32. The maximum Gasteiger partial charge on any atom is 0.338 e. The minimum atomic E-state index is -0.410. The van der Waals surface area contributed by atoms with E-state index in [0.717, 1.165) is 37.4 Å². The molecule has 1 aliphatic rings. The first-order valence-electron chi connectivity index (χ1n) is 9.95. The van der Waals surface area contributed by atoms with Gasteiger partial charge < -0.3 is 20.5 Å². The number of hydrogen-bond acceptors (Lipinski definition) is 6. The van der Waals surface area contributed by atoms with Crippen LogP contribution in [-0.4, -0.2) is 50.8 Å². The zero-order chi connectivity index (χ0) is 20.6. The molecule has 0 saturated carbocycles. The van der Waals surface area contributed by atoms with Crippen molar-refractivity contribution in [2.45, 2.75) is 13.3 Å². The maximum absolute atomic E-state index is 12.0. The Morgan fingerprint density at radius 1 is 1.21 bits per heavy atom. The number of carbonyl (C=O) groups excluding carboxylic acids is 1. The number of carbonyl (C=O) groups is 1. The number of nitrogens with zero attached hydrogens (tertiary/aromatic N) is 1. The van der Waals surface area contributed by atoms with Crippen LogP contribution >= 0.6 is 0 Å². The molecule has 6 nitrogen and oxygen atoms in total. The standard InChI is InChI=1S/C23H29N3O3/c1-3-26-11-9-17(10-12-26)18-5-4-6-20(15-18)25-22-8-7-19(16-21(22)24)23(27)29-14-13-28-2/h4-9,15-16,25H,3,10-14,24H2,1-2H3. The van der Waals surface area contributed by atoms with Gasteiger partial charge in [-0.2, -0.15) is 0 Å². The van der Waals surface area contributed by atoms with Gasteiger partial charge in [0, 0.05) is 25.9 Å². The summed E-state index contributed by atoms with van der Waals surface area (Å²) in [6.07, 6.45) is 3.36. The van der Waals surface area contributed by atoms with Crippen LogP contribution in [0.15, 0.2) is 48.5 Å². The summed E-state index contributed by atoms with van der Waals surface area (Å²) in [6, 6.07) is 13.5. The normalized spacial score (nSPS) is 14.3. The van der Waals surface area contributed by atoms with E-state index in [0.29, 0.717) is 17.9 Å². The molecular weight excluding hydrogens is 366 g/mol. The van der Waals surface area contributed by atoms with Crippen LogP contribution in [0.25, 0.3) is 5.57 Å². The summed E-state index contributed by atoms with van der Waals surface area (Å²) in [5.74, 6) is -0.410. The van der Waals surface area contributed by atoms with E-state index >= 15 is 0 Å². The summed E-state index contributed by atoms with van der Waals surface area (Å²) in [5.41, 5.74) is 11.4. The molecule has 0 amide bonds. The third kappa shape index (κ3) is 5.59. The van der Waals surface area contributed by atoms with Gasteiger partial charge in [-0.05, 0) is 54.4 Å². The van der Waals surface area contributed by atoms with E-state index in [2.05, 4.69) is 35.3 Å². The van der Waals surface area contributed by atoms with Crippen molar-refractivity contribution in [3.8, 4) is 0 Å². The third-order valence-electron chi connectivity index (χ3n) is 5.06. The van der Waals surface area contributed by atoms with Crippen molar-refractivity contribution in [3.05, 3.63) is 59.7 Å². The summed E-state index contributed by atoms with van der Waals surface area (Å²) in [6.45, 7) is 5.95. The highest BCUT2D eigenvalue weighted by molar-refractivity contribution is 5.92. The van der Waals surface area contributed by atoms with Crippen molar-refractivity contribution >= 4 is 28.6 Å². The molecule has 0 fully saturated rings. The number of nitrogens with one attached hydrogen (secondary N) is 1. The minimum absolute atomic E-state index is 0.216. The number of nitrogens with two attached hydrogens (primary N) is 1. The van der Waals surface area contributed by atoms with Gasteiger partial charge in [0.25, 0.3) is 0 Å². The van der Waals surface area contributed by atoms with E-state index in [-0.39, 0.29) is 6.61 Å². The number of methoxy groups -OCH3 is 1. The number of hydrogen-bond donors (Lipinski definition) is 2. The second kappa shape index (κ2) is 10.1. The molecule has 0 unspecified atom stereocenters. The average molecular weight is 396 g/mol. The molecule has 0 bridgehead atoms. The minimum Gasteiger partial charge on any atom is -0.460 e. The second-order valence-corrected chi connectivity index (χ2v) is 7.01. The fraction of sp³-hybridized carbons (Fsp3) is 0.348. The van der Waals surface area contributed by atoms with E-state index in [1.54, 1.807) is 25.3 Å². The maximum atomic E-state index is 12.0. The Labute approximate surface area is 172 Å². The molecule has 1 aliphatic heterocycles. The van der Waals surface area contributed by atoms with E-state index in [1.165, 1.54) is 11.1 Å². The first-order chi connectivity index (χ1) is 14.1. The number of nitrogen functional groups attached to an aromatic ring is 1. The molecule has 6 heteroatoms. The van der Waals surface area contributed by atoms with Crippen molar-refractivity contribution in [2.24, 2.45) is 0 Å². The topological polar surface area (TPSA) is 76.8 Å². The summed E-state index contributed by atoms with van der Waals surface area (Å²) in [5, 5.41) is 3.36. The molecule has 1 heterocycles. The van der Waals surface area contributed by atoms with E-state index in [9.17, 15) is 4.79 Å². The SMILES string of the molecule is CCN1CC=C(c2cccc(Nc3ccc(C(=O)OCCOC)cc3N)c2)CC1. The molecule has 0 spiro atoms. The molecule has 0 aliphatic carbocycles. The fourth-order valence-corrected chi connectivity index (χ4v) is 3.32. The Bertz CT molecular complexity index is 879. The zero-order valence-electron chi connectivity index (χ0n) is 17.1. The van der Waals surface area contributed by atoms with Gasteiger partial charge in [0.05, 0.1) is 23.5 Å². The van der Waals surface area contributed by atoms with Gasteiger partial charge in [-0.25, -0.2) is 4.79 Å². The number of likely N-dealkylation sites (N-methyl/N-ethyl adjacent to an activating group) is 1. The van der Waals surface area contributed by atoms with Gasteiger partial charge in [0.2, 0.25) is 0 Å². The van der Waals surface area contributed by atoms with Crippen LogP contribution in [-0.2, 0) is 9.47 Å². The van der Waals surface area contributed by atoms with Crippen molar-refractivity contribution in [3.63, 3.8) is 0 Å². The Balaban J connectivity index is 1.69. The van der Waals surface area contributed by atoms with E-state index in [1.807, 2.05) is 12.1 Å². The van der Waals surface area contributed by atoms with Gasteiger partial charge in [-0.1, -0.05) is 25.1 Å². The monoisotopic (exact) mass is 395 g/mol. The van der Waals surface area contributed by atoms with Crippen molar-refractivity contribution in [1.29, 1.82) is 0 Å². The molecule has 154 valence electrons. The Hall–Kier alpha value is -2.83. The van der Waals surface area contributed by atoms with Crippen molar-refractivity contribution in [2.75, 3.05) is 51.0 Å². The van der Waals surface area contributed by atoms with Gasteiger partial charge in [-0.15, -0.1) is 0 Å². The molecule has 0 radical (unpaired) electrons. The third-order valence-corrected chi connectivity index (χ3v) is 5.06. The molecule has 29 heavy (non-hydrogen) atoms. The van der Waals surface area contributed by atoms with Crippen LogP contribution in [0.3, 0.4) is 0 Å². The summed E-state index contributed by atoms with van der Waals surface area (Å²) < 4.78 is 10.0. The lowest BCUT2D eigenvalue weighted by atomic mass is 9.99. The summed E-state index contributed by atoms with van der Waals surface area (Å²) >= 11 is 0. The molecule has 3 rings (SSSR count). The molecule has 0 atom stereocenters. The largest absolute Gasteiger partial charge is 0.460 e. The van der Waals surface area contributed by atoms with Crippen LogP contribution in [0.2, 0.25) is 0 Å². The van der Waals surface area contributed by atoms with Crippen LogP contribution in [0, 0.1) is 0 Å². The second-order valence-electron chi connectivity index (χ2n) is 7.01. The highest BCUT2D eigenvalue weighted by Gasteiger charge is 2.13. The first-order valence-corrected chi connectivity index (χ1v) is 9.95. The number of benzene rings is 2. The van der Waals surface area contributed by atoms with Gasteiger partial charge in [0.15, 0.2) is 0 Å². The zero-order valence-corrected chi connectivity index (χ0v) is 17.1. The lowest BCUT2D eigenvalue weighted by Gasteiger charge is -2.25.